The predicted octanol–water partition coefficient (Wildman–Crippen LogP) is 3.35. The minimum atomic E-state index is -0.492. The fourth-order valence-corrected chi connectivity index (χ4v) is 1.36. The molecule has 0 unspecified atom stereocenters. The minimum absolute atomic E-state index is 0.326. The lowest BCUT2D eigenvalue weighted by atomic mass is 10.2. The fraction of sp³-hybridized carbons (Fsp3) is 0.0714. The van der Waals surface area contributed by atoms with Gasteiger partial charge in [-0.2, -0.15) is 0 Å². The standard InChI is InChI=1S/C14H11FO2/c1-10-2-8-13(9-3-10)17-14(16)11-4-6-12(15)7-5-11/h2-9H,1H3. The molecular formula is C14H11FO2. The summed E-state index contributed by atoms with van der Waals surface area (Å²) in [4.78, 5) is 11.7. The highest BCUT2D eigenvalue weighted by molar-refractivity contribution is 5.90. The number of carbonyl (C=O) groups is 1. The van der Waals surface area contributed by atoms with Gasteiger partial charge in [0.2, 0.25) is 0 Å². The quantitative estimate of drug-likeness (QED) is 0.584. The van der Waals surface area contributed by atoms with Crippen molar-refractivity contribution in [1.29, 1.82) is 0 Å². The molecule has 86 valence electrons. The maximum Gasteiger partial charge on any atom is 0.343 e. The molecule has 0 aliphatic rings. The van der Waals surface area contributed by atoms with E-state index in [1.54, 1.807) is 12.1 Å². The van der Waals surface area contributed by atoms with Gasteiger partial charge in [0.05, 0.1) is 5.56 Å². The van der Waals surface area contributed by atoms with Crippen molar-refractivity contribution in [3.63, 3.8) is 0 Å². The lowest BCUT2D eigenvalue weighted by Crippen LogP contribution is -2.08. The van der Waals surface area contributed by atoms with Crippen LogP contribution in [0.1, 0.15) is 15.9 Å². The summed E-state index contributed by atoms with van der Waals surface area (Å²) >= 11 is 0. The number of hydrogen-bond donors (Lipinski definition) is 0. The fourth-order valence-electron chi connectivity index (χ4n) is 1.36. The largest absolute Gasteiger partial charge is 0.423 e. The molecule has 0 bridgehead atoms. The van der Waals surface area contributed by atoms with Crippen LogP contribution in [0.4, 0.5) is 4.39 Å². The summed E-state index contributed by atoms with van der Waals surface area (Å²) in [5, 5.41) is 0. The summed E-state index contributed by atoms with van der Waals surface area (Å²) in [6, 6.07) is 12.4. The topological polar surface area (TPSA) is 26.3 Å². The van der Waals surface area contributed by atoms with E-state index in [-0.39, 0.29) is 5.82 Å². The van der Waals surface area contributed by atoms with Gasteiger partial charge in [0.25, 0.3) is 0 Å². The van der Waals surface area contributed by atoms with E-state index in [1.807, 2.05) is 19.1 Å². The number of aryl methyl sites for hydroxylation is 1. The molecule has 0 heterocycles. The number of ether oxygens (including phenoxy) is 1. The van der Waals surface area contributed by atoms with Crippen LogP contribution in [-0.4, -0.2) is 5.97 Å². The van der Waals surface area contributed by atoms with Crippen molar-refractivity contribution in [3.8, 4) is 5.75 Å². The summed E-state index contributed by atoms with van der Waals surface area (Å²) in [5.74, 6) is -0.393. The third-order valence-corrected chi connectivity index (χ3v) is 2.31. The van der Waals surface area contributed by atoms with Gasteiger partial charge in [-0.05, 0) is 43.3 Å². The minimum Gasteiger partial charge on any atom is -0.423 e. The van der Waals surface area contributed by atoms with E-state index in [0.717, 1.165) is 5.56 Å². The van der Waals surface area contributed by atoms with Crippen LogP contribution in [0.5, 0.6) is 5.75 Å². The molecule has 2 aromatic carbocycles. The molecule has 0 spiro atoms. The van der Waals surface area contributed by atoms with E-state index in [1.165, 1.54) is 24.3 Å². The molecule has 0 fully saturated rings. The zero-order chi connectivity index (χ0) is 12.3. The van der Waals surface area contributed by atoms with Crippen LogP contribution in [0.25, 0.3) is 0 Å². The summed E-state index contributed by atoms with van der Waals surface area (Å²) in [7, 11) is 0. The van der Waals surface area contributed by atoms with Crippen molar-refractivity contribution in [2.24, 2.45) is 0 Å². The van der Waals surface area contributed by atoms with E-state index in [4.69, 9.17) is 4.74 Å². The molecule has 2 aromatic rings. The maximum atomic E-state index is 12.7. The SMILES string of the molecule is Cc1ccc(OC(=O)c2ccc(F)cc2)cc1. The van der Waals surface area contributed by atoms with Crippen LogP contribution in [-0.2, 0) is 0 Å². The molecule has 0 aliphatic heterocycles. The van der Waals surface area contributed by atoms with Crippen LogP contribution in [0.3, 0.4) is 0 Å². The normalized spacial score (nSPS) is 10.0. The smallest absolute Gasteiger partial charge is 0.343 e. The van der Waals surface area contributed by atoms with Crippen molar-refractivity contribution in [2.45, 2.75) is 6.92 Å². The van der Waals surface area contributed by atoms with Gasteiger partial charge in [0, 0.05) is 0 Å². The van der Waals surface area contributed by atoms with Crippen molar-refractivity contribution in [3.05, 3.63) is 65.5 Å². The third-order valence-electron chi connectivity index (χ3n) is 2.31. The number of hydrogen-bond acceptors (Lipinski definition) is 2. The van der Waals surface area contributed by atoms with Gasteiger partial charge in [-0.25, -0.2) is 9.18 Å². The molecule has 0 saturated heterocycles. The lowest BCUT2D eigenvalue weighted by Gasteiger charge is -2.04. The van der Waals surface area contributed by atoms with Gasteiger partial charge < -0.3 is 4.74 Å². The molecule has 2 nitrogen and oxygen atoms in total. The summed E-state index contributed by atoms with van der Waals surface area (Å²) in [5.41, 5.74) is 1.42. The summed E-state index contributed by atoms with van der Waals surface area (Å²) in [6.45, 7) is 1.95. The Morgan fingerprint density at radius 1 is 1.00 bits per heavy atom. The van der Waals surface area contributed by atoms with Crippen LogP contribution >= 0.6 is 0 Å². The first-order valence-electron chi connectivity index (χ1n) is 5.19. The Hall–Kier alpha value is -2.16. The Labute approximate surface area is 98.7 Å². The van der Waals surface area contributed by atoms with Gasteiger partial charge in [-0.15, -0.1) is 0 Å². The second kappa shape index (κ2) is 4.78. The van der Waals surface area contributed by atoms with Crippen molar-refractivity contribution in [2.75, 3.05) is 0 Å². The Balaban J connectivity index is 2.11. The first-order chi connectivity index (χ1) is 8.15. The number of halogens is 1. The molecule has 0 N–H and O–H groups in total. The second-order valence-electron chi connectivity index (χ2n) is 3.71. The van der Waals surface area contributed by atoms with Crippen LogP contribution in [0, 0.1) is 12.7 Å². The summed E-state index contributed by atoms with van der Waals surface area (Å²) in [6.07, 6.45) is 0. The van der Waals surface area contributed by atoms with Crippen LogP contribution in [0.2, 0.25) is 0 Å². The molecule has 0 radical (unpaired) electrons. The Bertz CT molecular complexity index is 515. The number of rotatable bonds is 2. The lowest BCUT2D eigenvalue weighted by molar-refractivity contribution is 0.0734. The summed E-state index contributed by atoms with van der Waals surface area (Å²) < 4.78 is 17.8. The highest BCUT2D eigenvalue weighted by Crippen LogP contribution is 2.14. The van der Waals surface area contributed by atoms with Crippen molar-refractivity contribution in [1.82, 2.24) is 0 Å². The van der Waals surface area contributed by atoms with Gasteiger partial charge in [-0.3, -0.25) is 0 Å². The maximum absolute atomic E-state index is 12.7. The molecule has 0 atom stereocenters. The molecule has 0 aromatic heterocycles. The number of benzene rings is 2. The Morgan fingerprint density at radius 3 is 2.18 bits per heavy atom. The van der Waals surface area contributed by atoms with E-state index in [2.05, 4.69) is 0 Å². The zero-order valence-corrected chi connectivity index (χ0v) is 9.31. The third kappa shape index (κ3) is 2.91. The average Bonchev–Trinajstić information content (AvgIpc) is 2.33. The molecule has 3 heteroatoms. The average molecular weight is 230 g/mol. The highest BCUT2D eigenvalue weighted by atomic mass is 19.1. The molecule has 17 heavy (non-hydrogen) atoms. The van der Waals surface area contributed by atoms with Crippen molar-refractivity contribution >= 4 is 5.97 Å². The van der Waals surface area contributed by atoms with E-state index in [9.17, 15) is 9.18 Å². The van der Waals surface area contributed by atoms with E-state index in [0.29, 0.717) is 11.3 Å². The van der Waals surface area contributed by atoms with Crippen LogP contribution < -0.4 is 4.74 Å². The Kier molecular flexibility index (Phi) is 3.19. The van der Waals surface area contributed by atoms with E-state index < -0.39 is 5.97 Å². The predicted molar refractivity (Wildman–Crippen MR) is 62.5 cm³/mol. The van der Waals surface area contributed by atoms with Crippen molar-refractivity contribution < 1.29 is 13.9 Å². The molecule has 0 saturated carbocycles. The monoisotopic (exact) mass is 230 g/mol. The molecule has 0 aliphatic carbocycles. The first-order valence-corrected chi connectivity index (χ1v) is 5.19. The zero-order valence-electron chi connectivity index (χ0n) is 9.31. The van der Waals surface area contributed by atoms with Gasteiger partial charge in [-0.1, -0.05) is 17.7 Å². The van der Waals surface area contributed by atoms with E-state index >= 15 is 0 Å². The first kappa shape index (κ1) is 11.3. The van der Waals surface area contributed by atoms with Gasteiger partial charge in [0.1, 0.15) is 11.6 Å². The van der Waals surface area contributed by atoms with Crippen LogP contribution in [0.15, 0.2) is 48.5 Å². The molecular weight excluding hydrogens is 219 g/mol. The van der Waals surface area contributed by atoms with Gasteiger partial charge in [0.15, 0.2) is 0 Å². The number of esters is 1. The molecule has 0 amide bonds. The van der Waals surface area contributed by atoms with Gasteiger partial charge >= 0.3 is 5.97 Å². The highest BCUT2D eigenvalue weighted by Gasteiger charge is 2.08. The Morgan fingerprint density at radius 2 is 1.59 bits per heavy atom. The molecule has 2 rings (SSSR count). The second-order valence-corrected chi connectivity index (χ2v) is 3.71. The number of carbonyl (C=O) groups excluding carboxylic acids is 1.